The van der Waals surface area contributed by atoms with Gasteiger partial charge in [0.1, 0.15) is 0 Å². The molecular weight excluding hydrogens is 186 g/mol. The van der Waals surface area contributed by atoms with Gasteiger partial charge >= 0.3 is 59.2 Å². The Morgan fingerprint density at radius 2 is 1.78 bits per heavy atom. The number of hydrogen-bond donors (Lipinski definition) is 0. The number of hydrogen-bond acceptors (Lipinski definition) is 2. The predicted octanol–water partition coefficient (Wildman–Crippen LogP) is 1.01. The van der Waals surface area contributed by atoms with E-state index in [9.17, 15) is 3.47 Å². The van der Waals surface area contributed by atoms with Crippen LogP contribution in [0.2, 0.25) is 0 Å². The fourth-order valence-corrected chi connectivity index (χ4v) is 2.58. The summed E-state index contributed by atoms with van der Waals surface area (Å²) < 4.78 is 21.7. The van der Waals surface area contributed by atoms with E-state index in [1.807, 2.05) is 13.8 Å². The summed E-state index contributed by atoms with van der Waals surface area (Å²) in [5, 5.41) is 0. The first kappa shape index (κ1) is 7.51. The maximum atomic E-state index is 12.2. The molecule has 0 spiro atoms. The van der Waals surface area contributed by atoms with E-state index < -0.39 is 15.8 Å². The molecule has 0 aromatic carbocycles. The topological polar surface area (TPSA) is 18.5 Å². The molecule has 1 fully saturated rings. The zero-order valence-electron chi connectivity index (χ0n) is 5.56. The van der Waals surface area contributed by atoms with Crippen molar-refractivity contribution in [3.05, 3.63) is 0 Å². The molecule has 0 radical (unpaired) electrons. The second-order valence-corrected chi connectivity index (χ2v) is 4.90. The quantitative estimate of drug-likeness (QED) is 0.538. The Morgan fingerprint density at radius 3 is 2.11 bits per heavy atom. The summed E-state index contributed by atoms with van der Waals surface area (Å²) in [4.78, 5) is 0. The van der Waals surface area contributed by atoms with Crippen LogP contribution in [0.25, 0.3) is 0 Å². The van der Waals surface area contributed by atoms with Gasteiger partial charge in [0.05, 0.1) is 0 Å². The molecule has 0 unspecified atom stereocenters. The van der Waals surface area contributed by atoms with Gasteiger partial charge in [-0.05, 0) is 0 Å². The first-order valence-electron chi connectivity index (χ1n) is 2.82. The third-order valence-electron chi connectivity index (χ3n) is 1.11. The minimum absolute atomic E-state index is 0.0112. The van der Waals surface area contributed by atoms with Crippen LogP contribution in [0, 0.1) is 5.41 Å². The molecule has 1 aliphatic rings. The summed E-state index contributed by atoms with van der Waals surface area (Å²) in [6.45, 7) is 5.00. The standard InChI is InChI=1S/C5H10AsFO2/c1-5(2)3-8-6(7)9-4-5/h3-4H2,1-2H3. The number of rotatable bonds is 0. The molecule has 0 saturated carbocycles. The minimum atomic E-state index is -2.74. The van der Waals surface area contributed by atoms with Gasteiger partial charge < -0.3 is 0 Å². The average molecular weight is 196 g/mol. The molecule has 0 aromatic heterocycles. The van der Waals surface area contributed by atoms with Crippen molar-refractivity contribution in [3.8, 4) is 0 Å². The number of halogens is 1. The molecule has 1 aliphatic heterocycles. The maximum absolute atomic E-state index is 12.2. The first-order valence-corrected chi connectivity index (χ1v) is 5.06. The molecule has 0 aromatic rings. The molecule has 0 aliphatic carbocycles. The van der Waals surface area contributed by atoms with E-state index in [2.05, 4.69) is 0 Å². The average Bonchev–Trinajstić information content (AvgIpc) is 1.78. The van der Waals surface area contributed by atoms with Crippen molar-refractivity contribution < 1.29 is 10.9 Å². The van der Waals surface area contributed by atoms with Crippen molar-refractivity contribution >= 4 is 15.8 Å². The summed E-state index contributed by atoms with van der Waals surface area (Å²) >= 11 is -2.74. The molecule has 1 rings (SSSR count). The van der Waals surface area contributed by atoms with Crippen LogP contribution in [0.5, 0.6) is 0 Å². The third-order valence-corrected chi connectivity index (χ3v) is 2.51. The van der Waals surface area contributed by atoms with Crippen LogP contribution in [-0.2, 0) is 7.45 Å². The van der Waals surface area contributed by atoms with Gasteiger partial charge in [-0.2, -0.15) is 0 Å². The van der Waals surface area contributed by atoms with Gasteiger partial charge in [-0.15, -0.1) is 0 Å². The monoisotopic (exact) mass is 196 g/mol. The Morgan fingerprint density at radius 1 is 1.33 bits per heavy atom. The molecule has 2 nitrogen and oxygen atoms in total. The van der Waals surface area contributed by atoms with Crippen molar-refractivity contribution in [3.63, 3.8) is 0 Å². The molecule has 0 bridgehead atoms. The van der Waals surface area contributed by atoms with Crippen molar-refractivity contribution in [2.24, 2.45) is 5.41 Å². The van der Waals surface area contributed by atoms with Crippen molar-refractivity contribution in [1.29, 1.82) is 0 Å². The van der Waals surface area contributed by atoms with E-state index >= 15 is 0 Å². The van der Waals surface area contributed by atoms with Gasteiger partial charge in [-0.1, -0.05) is 0 Å². The summed E-state index contributed by atoms with van der Waals surface area (Å²) in [6.07, 6.45) is 0. The van der Waals surface area contributed by atoms with Gasteiger partial charge in [0.25, 0.3) is 0 Å². The SMILES string of the molecule is CC1(C)CO[As](F)OC1. The predicted molar refractivity (Wildman–Crippen MR) is 32.5 cm³/mol. The Balaban J connectivity index is 2.35. The van der Waals surface area contributed by atoms with Crippen molar-refractivity contribution in [1.82, 2.24) is 0 Å². The molecule has 1 heterocycles. The Bertz CT molecular complexity index is 97.1. The van der Waals surface area contributed by atoms with Crippen molar-refractivity contribution in [2.45, 2.75) is 13.8 Å². The molecule has 4 heteroatoms. The van der Waals surface area contributed by atoms with E-state index in [1.165, 1.54) is 0 Å². The second kappa shape index (κ2) is 2.57. The molecule has 54 valence electrons. The van der Waals surface area contributed by atoms with E-state index in [0.717, 1.165) is 0 Å². The van der Waals surface area contributed by atoms with Crippen LogP contribution >= 0.6 is 0 Å². The fraction of sp³-hybridized carbons (Fsp3) is 1.00. The van der Waals surface area contributed by atoms with E-state index in [0.29, 0.717) is 13.2 Å². The van der Waals surface area contributed by atoms with Crippen LogP contribution in [0.3, 0.4) is 0 Å². The first-order chi connectivity index (χ1) is 4.10. The van der Waals surface area contributed by atoms with Crippen LogP contribution in [-0.4, -0.2) is 29.0 Å². The van der Waals surface area contributed by atoms with Gasteiger partial charge in [-0.3, -0.25) is 0 Å². The van der Waals surface area contributed by atoms with Crippen LogP contribution in [0.1, 0.15) is 13.8 Å². The molecule has 0 amide bonds. The third kappa shape index (κ3) is 2.24. The van der Waals surface area contributed by atoms with Gasteiger partial charge in [0.2, 0.25) is 0 Å². The molecule has 0 atom stereocenters. The van der Waals surface area contributed by atoms with E-state index in [-0.39, 0.29) is 5.41 Å². The summed E-state index contributed by atoms with van der Waals surface area (Å²) in [5.41, 5.74) is 0.0112. The molecule has 9 heavy (non-hydrogen) atoms. The Hall–Kier alpha value is 0.408. The van der Waals surface area contributed by atoms with Gasteiger partial charge in [0, 0.05) is 0 Å². The Labute approximate surface area is 59.8 Å². The zero-order chi connectivity index (χ0) is 6.91. The van der Waals surface area contributed by atoms with Crippen molar-refractivity contribution in [2.75, 3.05) is 13.2 Å². The Kier molecular flexibility index (Phi) is 2.14. The summed E-state index contributed by atoms with van der Waals surface area (Å²) in [5.74, 6) is 0. The molecule has 0 N–H and O–H groups in total. The zero-order valence-corrected chi connectivity index (χ0v) is 7.43. The second-order valence-electron chi connectivity index (χ2n) is 2.92. The summed E-state index contributed by atoms with van der Waals surface area (Å²) in [7, 11) is 0. The van der Waals surface area contributed by atoms with E-state index in [4.69, 9.17) is 7.45 Å². The van der Waals surface area contributed by atoms with E-state index in [1.54, 1.807) is 0 Å². The van der Waals surface area contributed by atoms with Crippen LogP contribution in [0.15, 0.2) is 0 Å². The van der Waals surface area contributed by atoms with Crippen LogP contribution in [0.4, 0.5) is 3.47 Å². The van der Waals surface area contributed by atoms with Crippen LogP contribution < -0.4 is 0 Å². The van der Waals surface area contributed by atoms with Gasteiger partial charge in [0.15, 0.2) is 0 Å². The molecular formula is C5H10AsFO2. The van der Waals surface area contributed by atoms with Gasteiger partial charge in [-0.25, -0.2) is 0 Å². The fourth-order valence-electron chi connectivity index (χ4n) is 0.530. The molecule has 1 saturated heterocycles. The summed E-state index contributed by atoms with van der Waals surface area (Å²) in [6, 6.07) is 0. The normalized spacial score (nSPS) is 28.3.